The van der Waals surface area contributed by atoms with E-state index in [0.29, 0.717) is 0 Å². The number of oxime groups is 1. The van der Waals surface area contributed by atoms with E-state index in [9.17, 15) is 24.3 Å². The SMILES string of the molecule is CON=C(C(=O)NC1C=C(C(=O)O)N2C(=O)C[C@@H]2S1)c1csc(NC(=O)CCl)n1. The van der Waals surface area contributed by atoms with Crippen molar-refractivity contribution in [2.45, 2.75) is 17.2 Å². The highest BCUT2D eigenvalue weighted by Gasteiger charge is 2.45. The van der Waals surface area contributed by atoms with Gasteiger partial charge in [-0.1, -0.05) is 5.16 Å². The largest absolute Gasteiger partial charge is 0.477 e. The maximum absolute atomic E-state index is 12.7. The molecule has 0 aliphatic carbocycles. The normalized spacial score (nSPS) is 20.9. The molecule has 1 fully saturated rings. The van der Waals surface area contributed by atoms with Gasteiger partial charge < -0.3 is 20.6 Å². The summed E-state index contributed by atoms with van der Waals surface area (Å²) in [6, 6.07) is 0. The van der Waals surface area contributed by atoms with Crippen molar-refractivity contribution < 1.29 is 29.1 Å². The molecule has 0 radical (unpaired) electrons. The summed E-state index contributed by atoms with van der Waals surface area (Å²) in [5.41, 5.74) is -0.184. The summed E-state index contributed by atoms with van der Waals surface area (Å²) >= 11 is 7.73. The molecule has 0 spiro atoms. The van der Waals surface area contributed by atoms with Gasteiger partial charge in [-0.3, -0.25) is 19.3 Å². The van der Waals surface area contributed by atoms with Gasteiger partial charge in [0.25, 0.3) is 5.91 Å². The van der Waals surface area contributed by atoms with Gasteiger partial charge in [-0.25, -0.2) is 9.78 Å². The summed E-state index contributed by atoms with van der Waals surface area (Å²) in [4.78, 5) is 57.1. The van der Waals surface area contributed by atoms with Crippen molar-refractivity contribution >= 4 is 69.2 Å². The Balaban J connectivity index is 1.76. The van der Waals surface area contributed by atoms with Crippen LogP contribution in [0.15, 0.2) is 22.3 Å². The Labute approximate surface area is 177 Å². The van der Waals surface area contributed by atoms with Gasteiger partial charge in [0.2, 0.25) is 11.8 Å². The van der Waals surface area contributed by atoms with Crippen molar-refractivity contribution in [2.75, 3.05) is 18.3 Å². The summed E-state index contributed by atoms with van der Waals surface area (Å²) in [6.45, 7) is 0. The van der Waals surface area contributed by atoms with Crippen LogP contribution in [0.5, 0.6) is 0 Å². The number of aromatic nitrogens is 1. The Morgan fingerprint density at radius 3 is 2.86 bits per heavy atom. The molecular weight excluding hydrogens is 446 g/mol. The molecule has 0 aromatic carbocycles. The second-order valence-corrected chi connectivity index (χ2v) is 8.10. The first-order chi connectivity index (χ1) is 13.8. The fourth-order valence-corrected chi connectivity index (χ4v) is 4.64. The third-order valence-corrected chi connectivity index (χ3v) is 6.02. The number of carboxylic acids is 1. The van der Waals surface area contributed by atoms with Crippen LogP contribution in [-0.4, -0.2) is 68.1 Å². The van der Waals surface area contributed by atoms with Crippen molar-refractivity contribution in [1.82, 2.24) is 15.2 Å². The molecule has 2 aliphatic heterocycles. The van der Waals surface area contributed by atoms with Crippen molar-refractivity contribution in [2.24, 2.45) is 5.16 Å². The second-order valence-electron chi connectivity index (χ2n) is 5.65. The molecule has 1 aromatic heterocycles. The third kappa shape index (κ3) is 4.52. The minimum absolute atomic E-state index is 0.155. The van der Waals surface area contributed by atoms with Crippen LogP contribution >= 0.6 is 34.7 Å². The number of hydrogen-bond acceptors (Lipinski definition) is 9. The van der Waals surface area contributed by atoms with E-state index in [0.717, 1.165) is 11.3 Å². The number of rotatable bonds is 7. The number of thioether (sulfide) groups is 1. The third-order valence-electron chi connectivity index (χ3n) is 3.78. The van der Waals surface area contributed by atoms with Crippen LogP contribution in [0.25, 0.3) is 0 Å². The summed E-state index contributed by atoms with van der Waals surface area (Å²) in [7, 11) is 1.26. The van der Waals surface area contributed by atoms with Gasteiger partial charge in [-0.05, 0) is 6.08 Å². The molecule has 1 aromatic rings. The predicted molar refractivity (Wildman–Crippen MR) is 106 cm³/mol. The lowest BCUT2D eigenvalue weighted by molar-refractivity contribution is -0.146. The topological polar surface area (TPSA) is 150 Å². The zero-order valence-electron chi connectivity index (χ0n) is 14.7. The van der Waals surface area contributed by atoms with Gasteiger partial charge in [-0.2, -0.15) is 0 Å². The van der Waals surface area contributed by atoms with Gasteiger partial charge >= 0.3 is 5.97 Å². The Morgan fingerprint density at radius 2 is 2.24 bits per heavy atom. The predicted octanol–water partition coefficient (Wildman–Crippen LogP) is 0.387. The van der Waals surface area contributed by atoms with E-state index in [1.165, 1.54) is 35.2 Å². The molecule has 14 heteroatoms. The lowest BCUT2D eigenvalue weighted by Gasteiger charge is -2.44. The Kier molecular flexibility index (Phi) is 6.39. The minimum Gasteiger partial charge on any atom is -0.477 e. The van der Waals surface area contributed by atoms with Gasteiger partial charge in [0.1, 0.15) is 24.4 Å². The van der Waals surface area contributed by atoms with Crippen molar-refractivity contribution in [3.05, 3.63) is 22.8 Å². The van der Waals surface area contributed by atoms with Crippen LogP contribution in [0.2, 0.25) is 0 Å². The lowest BCUT2D eigenvalue weighted by atomic mass is 10.1. The highest BCUT2D eigenvalue weighted by molar-refractivity contribution is 8.00. The number of alkyl halides is 1. The van der Waals surface area contributed by atoms with E-state index in [4.69, 9.17) is 16.4 Å². The quantitative estimate of drug-likeness (QED) is 0.229. The van der Waals surface area contributed by atoms with E-state index in [-0.39, 0.29) is 45.8 Å². The van der Waals surface area contributed by atoms with Crippen LogP contribution in [0.1, 0.15) is 12.1 Å². The molecule has 3 N–H and O–H groups in total. The number of β-lactam (4-membered cyclic amide) rings is 1. The first-order valence-corrected chi connectivity index (χ1v) is 10.4. The first kappa shape index (κ1) is 21.1. The number of anilines is 1. The number of carbonyl (C=O) groups is 4. The van der Waals surface area contributed by atoms with Crippen LogP contribution in [0, 0.1) is 0 Å². The average molecular weight is 460 g/mol. The Morgan fingerprint density at radius 1 is 1.48 bits per heavy atom. The summed E-state index contributed by atoms with van der Waals surface area (Å²) < 4.78 is 0. The standard InChI is InChI=1S/C15H14ClN5O6S2/c1-27-20-12(6-5-28-15(17-6)18-8(22)4-16)13(24)19-9-2-7(14(25)26)21-10(23)3-11(21)29-9/h2,5,9,11H,3-4H2,1H3,(H,19,24)(H,25,26)(H,17,18,22)/t9?,11-/m0/s1. The monoisotopic (exact) mass is 459 g/mol. The fourth-order valence-electron chi connectivity index (χ4n) is 2.55. The number of fused-ring (bicyclic) bond motifs is 1. The smallest absolute Gasteiger partial charge is 0.352 e. The minimum atomic E-state index is -1.26. The van der Waals surface area contributed by atoms with Crippen LogP contribution in [-0.2, 0) is 24.0 Å². The van der Waals surface area contributed by atoms with Gasteiger partial charge in [0, 0.05) is 5.38 Å². The summed E-state index contributed by atoms with van der Waals surface area (Å²) in [5.74, 6) is -2.90. The van der Waals surface area contributed by atoms with Crippen LogP contribution in [0.4, 0.5) is 5.13 Å². The average Bonchev–Trinajstić information content (AvgIpc) is 3.12. The van der Waals surface area contributed by atoms with Crippen molar-refractivity contribution in [1.29, 1.82) is 0 Å². The van der Waals surface area contributed by atoms with Gasteiger partial charge in [0.15, 0.2) is 10.8 Å². The first-order valence-electron chi connectivity index (χ1n) is 8.00. The van der Waals surface area contributed by atoms with E-state index >= 15 is 0 Å². The number of nitrogens with zero attached hydrogens (tertiary/aromatic N) is 3. The highest BCUT2D eigenvalue weighted by atomic mass is 35.5. The molecule has 0 saturated carbocycles. The second kappa shape index (κ2) is 8.80. The van der Waals surface area contributed by atoms with Crippen LogP contribution in [0.3, 0.4) is 0 Å². The fraction of sp³-hybridized carbons (Fsp3) is 0.333. The number of halogens is 1. The summed E-state index contributed by atoms with van der Waals surface area (Å²) in [5, 5.41) is 18.8. The van der Waals surface area contributed by atoms with Crippen molar-refractivity contribution in [3.8, 4) is 0 Å². The molecule has 2 atom stereocenters. The highest BCUT2D eigenvalue weighted by Crippen LogP contribution is 2.39. The van der Waals surface area contributed by atoms with E-state index < -0.39 is 23.2 Å². The number of nitrogens with one attached hydrogen (secondary N) is 2. The van der Waals surface area contributed by atoms with E-state index in [1.54, 1.807) is 0 Å². The maximum atomic E-state index is 12.7. The molecule has 2 aliphatic rings. The number of carbonyl (C=O) groups excluding carboxylic acids is 3. The molecule has 1 saturated heterocycles. The lowest BCUT2D eigenvalue weighted by Crippen LogP contribution is -2.56. The molecule has 3 amide bonds. The number of aliphatic carboxylic acids is 1. The number of amides is 3. The maximum Gasteiger partial charge on any atom is 0.352 e. The molecular formula is C15H14ClN5O6S2. The molecule has 11 nitrogen and oxygen atoms in total. The molecule has 154 valence electrons. The number of carboxylic acid groups (broad SMARTS) is 1. The van der Waals surface area contributed by atoms with Gasteiger partial charge in [0.05, 0.1) is 17.2 Å². The van der Waals surface area contributed by atoms with Crippen molar-refractivity contribution in [3.63, 3.8) is 0 Å². The molecule has 3 rings (SSSR count). The van der Waals surface area contributed by atoms with Crippen LogP contribution < -0.4 is 10.6 Å². The van der Waals surface area contributed by atoms with E-state index in [2.05, 4.69) is 20.8 Å². The molecule has 29 heavy (non-hydrogen) atoms. The number of hydrogen-bond donors (Lipinski definition) is 3. The van der Waals surface area contributed by atoms with Gasteiger partial charge in [-0.15, -0.1) is 34.7 Å². The Hall–Kier alpha value is -2.64. The van der Waals surface area contributed by atoms with E-state index in [1.807, 2.05) is 0 Å². The molecule has 3 heterocycles. The zero-order chi connectivity index (χ0) is 21.1. The molecule has 0 bridgehead atoms. The Bertz CT molecular complexity index is 932. The number of thiazole rings is 1. The zero-order valence-corrected chi connectivity index (χ0v) is 17.1. The molecule has 1 unspecified atom stereocenters. The summed E-state index contributed by atoms with van der Waals surface area (Å²) in [6.07, 6.45) is 1.48.